The molecule has 0 saturated carbocycles. The van der Waals surface area contributed by atoms with Crippen LogP contribution in [0.1, 0.15) is 27.8 Å². The lowest BCUT2D eigenvalue weighted by molar-refractivity contribution is 0.0487. The molecule has 1 aromatic carbocycles. The Hall–Kier alpha value is -1.63. The molecule has 0 aliphatic heterocycles. The first-order valence-electron chi connectivity index (χ1n) is 6.67. The van der Waals surface area contributed by atoms with Gasteiger partial charge in [-0.1, -0.05) is 23.2 Å². The highest BCUT2D eigenvalue weighted by Gasteiger charge is 2.38. The monoisotopic (exact) mass is 340 g/mol. The maximum absolute atomic E-state index is 12.5. The summed E-state index contributed by atoms with van der Waals surface area (Å²) >= 11 is 12.2. The van der Waals surface area contributed by atoms with Gasteiger partial charge in [0.1, 0.15) is 6.33 Å². The maximum atomic E-state index is 12.5. The van der Waals surface area contributed by atoms with Crippen molar-refractivity contribution in [3.63, 3.8) is 0 Å². The fourth-order valence-electron chi connectivity index (χ4n) is 2.82. The largest absolute Gasteiger partial charge is 0.390 e. The van der Waals surface area contributed by atoms with E-state index in [2.05, 4.69) is 10.1 Å². The molecule has 2 unspecified atom stereocenters. The Balaban J connectivity index is 1.97. The second kappa shape index (κ2) is 5.53. The van der Waals surface area contributed by atoms with E-state index in [1.807, 2.05) is 0 Å². The van der Waals surface area contributed by atoms with E-state index < -0.39 is 12.1 Å². The van der Waals surface area contributed by atoms with Crippen LogP contribution in [0.4, 0.5) is 0 Å². The van der Waals surface area contributed by atoms with Crippen LogP contribution in [0.3, 0.4) is 0 Å². The van der Waals surface area contributed by atoms with Gasteiger partial charge in [-0.3, -0.25) is 9.48 Å². The average molecular weight is 341 g/mol. The van der Waals surface area contributed by atoms with Crippen LogP contribution in [-0.4, -0.2) is 43.8 Å². The number of nitrogens with zero attached hydrogens (tertiary/aromatic N) is 4. The van der Waals surface area contributed by atoms with Crippen molar-refractivity contribution >= 4 is 29.1 Å². The molecule has 0 bridgehead atoms. The number of benzene rings is 1. The molecule has 1 heterocycles. The Kier molecular flexibility index (Phi) is 3.84. The van der Waals surface area contributed by atoms with E-state index >= 15 is 0 Å². The molecule has 3 rings (SSSR count). The topological polar surface area (TPSA) is 71.2 Å². The van der Waals surface area contributed by atoms with Crippen molar-refractivity contribution in [3.8, 4) is 0 Å². The van der Waals surface area contributed by atoms with Gasteiger partial charge in [0.2, 0.25) is 5.82 Å². The summed E-state index contributed by atoms with van der Waals surface area (Å²) < 4.78 is 1.45. The highest BCUT2D eigenvalue weighted by Crippen LogP contribution is 2.41. The zero-order valence-electron chi connectivity index (χ0n) is 12.0. The van der Waals surface area contributed by atoms with Crippen LogP contribution in [-0.2, 0) is 13.5 Å². The zero-order chi connectivity index (χ0) is 16.0. The predicted molar refractivity (Wildman–Crippen MR) is 82.0 cm³/mol. The first-order valence-corrected chi connectivity index (χ1v) is 7.42. The third-order valence-corrected chi connectivity index (χ3v) is 4.38. The molecule has 1 aliphatic rings. The predicted octanol–water partition coefficient (Wildman–Crippen LogP) is 1.85. The lowest BCUT2D eigenvalue weighted by atomic mass is 10.1. The fourth-order valence-corrected chi connectivity index (χ4v) is 3.41. The number of hydrogen-bond donors (Lipinski definition) is 1. The van der Waals surface area contributed by atoms with Crippen molar-refractivity contribution in [1.29, 1.82) is 0 Å². The molecular weight excluding hydrogens is 327 g/mol. The Morgan fingerprint density at radius 2 is 2.18 bits per heavy atom. The van der Waals surface area contributed by atoms with E-state index in [1.165, 1.54) is 15.9 Å². The minimum absolute atomic E-state index is 0.0822. The number of halogens is 2. The second-order valence-electron chi connectivity index (χ2n) is 5.33. The lowest BCUT2D eigenvalue weighted by Gasteiger charge is -2.27. The summed E-state index contributed by atoms with van der Waals surface area (Å²) in [5, 5.41) is 15.3. The molecule has 2 atom stereocenters. The number of rotatable bonds is 2. The summed E-state index contributed by atoms with van der Waals surface area (Å²) in [5.41, 5.74) is 1.58. The molecule has 1 aliphatic carbocycles. The minimum Gasteiger partial charge on any atom is -0.390 e. The quantitative estimate of drug-likeness (QED) is 0.905. The summed E-state index contributed by atoms with van der Waals surface area (Å²) in [5.74, 6) is -0.285. The smallest absolute Gasteiger partial charge is 0.293 e. The van der Waals surface area contributed by atoms with Gasteiger partial charge in [-0.05, 0) is 23.3 Å². The molecule has 22 heavy (non-hydrogen) atoms. The van der Waals surface area contributed by atoms with Gasteiger partial charge >= 0.3 is 0 Å². The number of carbonyl (C=O) groups excluding carboxylic acids is 1. The van der Waals surface area contributed by atoms with E-state index in [0.717, 1.165) is 11.1 Å². The van der Waals surface area contributed by atoms with Crippen LogP contribution in [0.25, 0.3) is 0 Å². The Bertz CT molecular complexity index is 746. The Morgan fingerprint density at radius 1 is 1.45 bits per heavy atom. The lowest BCUT2D eigenvalue weighted by Crippen LogP contribution is -2.36. The van der Waals surface area contributed by atoms with Gasteiger partial charge in [0.15, 0.2) is 0 Å². The number of likely N-dealkylation sites (N-methyl/N-ethyl adjacent to an activating group) is 1. The first-order chi connectivity index (χ1) is 10.4. The van der Waals surface area contributed by atoms with Gasteiger partial charge in [0.25, 0.3) is 5.91 Å². The number of aliphatic hydroxyl groups excluding tert-OH is 1. The number of amides is 1. The summed E-state index contributed by atoms with van der Waals surface area (Å²) in [6.07, 6.45) is 1.08. The van der Waals surface area contributed by atoms with Crippen molar-refractivity contribution in [3.05, 3.63) is 45.5 Å². The van der Waals surface area contributed by atoms with E-state index in [-0.39, 0.29) is 11.7 Å². The summed E-state index contributed by atoms with van der Waals surface area (Å²) in [6, 6.07) is 2.85. The van der Waals surface area contributed by atoms with E-state index in [4.69, 9.17) is 23.2 Å². The number of fused-ring (bicyclic) bond motifs is 1. The van der Waals surface area contributed by atoms with Gasteiger partial charge < -0.3 is 10.0 Å². The van der Waals surface area contributed by atoms with Gasteiger partial charge in [-0.2, -0.15) is 0 Å². The normalized spacial score (nSPS) is 20.0. The Morgan fingerprint density at radius 3 is 2.82 bits per heavy atom. The zero-order valence-corrected chi connectivity index (χ0v) is 13.5. The highest BCUT2D eigenvalue weighted by molar-refractivity contribution is 6.35. The van der Waals surface area contributed by atoms with Crippen LogP contribution in [0.15, 0.2) is 18.5 Å². The minimum atomic E-state index is -0.747. The van der Waals surface area contributed by atoms with Crippen LogP contribution >= 0.6 is 23.2 Å². The number of carbonyl (C=O) groups is 1. The molecule has 0 fully saturated rings. The molecular formula is C14H14Cl2N4O2. The van der Waals surface area contributed by atoms with Crippen molar-refractivity contribution in [2.75, 3.05) is 7.05 Å². The number of aryl methyl sites for hydroxylation is 1. The summed E-state index contributed by atoms with van der Waals surface area (Å²) in [4.78, 5) is 17.9. The fraction of sp³-hybridized carbons (Fsp3) is 0.357. The van der Waals surface area contributed by atoms with Crippen LogP contribution < -0.4 is 0 Å². The van der Waals surface area contributed by atoms with Gasteiger partial charge in [0, 0.05) is 30.6 Å². The first kappa shape index (κ1) is 15.3. The van der Waals surface area contributed by atoms with Crippen LogP contribution in [0, 0.1) is 0 Å². The van der Waals surface area contributed by atoms with Gasteiger partial charge in [0.05, 0.1) is 12.1 Å². The highest BCUT2D eigenvalue weighted by atomic mass is 35.5. The van der Waals surface area contributed by atoms with Crippen molar-refractivity contribution in [1.82, 2.24) is 19.7 Å². The number of hydrogen-bond acceptors (Lipinski definition) is 4. The number of aromatic nitrogens is 3. The second-order valence-corrected chi connectivity index (χ2v) is 6.17. The van der Waals surface area contributed by atoms with E-state index in [1.54, 1.807) is 26.2 Å². The molecule has 8 heteroatoms. The molecule has 6 nitrogen and oxygen atoms in total. The van der Waals surface area contributed by atoms with E-state index in [0.29, 0.717) is 16.5 Å². The molecule has 0 spiro atoms. The van der Waals surface area contributed by atoms with Gasteiger partial charge in [-0.25, -0.2) is 4.98 Å². The summed E-state index contributed by atoms with van der Waals surface area (Å²) in [7, 11) is 3.29. The standard InChI is InChI=1S/C14H14Cl2N4O2/c1-19-6-17-13(18-19)14(22)20(2)12-9-3-7(15)4-10(16)8(9)5-11(12)21/h3-4,6,11-12,21H,5H2,1-2H3. The SMILES string of the molecule is CN(C(=O)c1ncn(C)n1)C1c2cc(Cl)cc(Cl)c2CC1O. The van der Waals surface area contributed by atoms with Crippen molar-refractivity contribution in [2.45, 2.75) is 18.6 Å². The van der Waals surface area contributed by atoms with Crippen molar-refractivity contribution in [2.24, 2.45) is 7.05 Å². The molecule has 0 radical (unpaired) electrons. The van der Waals surface area contributed by atoms with Crippen LogP contribution in [0.2, 0.25) is 10.0 Å². The third kappa shape index (κ3) is 2.47. The average Bonchev–Trinajstić information content (AvgIpc) is 3.01. The molecule has 1 N–H and O–H groups in total. The molecule has 1 aromatic heterocycles. The molecule has 2 aromatic rings. The molecule has 116 valence electrons. The third-order valence-electron chi connectivity index (χ3n) is 3.82. The molecule has 0 saturated heterocycles. The van der Waals surface area contributed by atoms with Crippen molar-refractivity contribution < 1.29 is 9.90 Å². The van der Waals surface area contributed by atoms with Gasteiger partial charge in [-0.15, -0.1) is 5.10 Å². The molecule has 1 amide bonds. The summed E-state index contributed by atoms with van der Waals surface area (Å²) in [6.45, 7) is 0. The van der Waals surface area contributed by atoms with E-state index in [9.17, 15) is 9.90 Å². The Labute approximate surface area is 137 Å². The number of aliphatic hydroxyl groups is 1. The maximum Gasteiger partial charge on any atom is 0.293 e. The van der Waals surface area contributed by atoms with Crippen LogP contribution in [0.5, 0.6) is 0 Å².